The summed E-state index contributed by atoms with van der Waals surface area (Å²) in [5.41, 5.74) is 0.522. The Labute approximate surface area is 136 Å². The second kappa shape index (κ2) is 7.78. The zero-order valence-corrected chi connectivity index (χ0v) is 13.6. The van der Waals surface area contributed by atoms with Crippen molar-refractivity contribution in [2.45, 2.75) is 38.8 Å². The molecule has 0 bridgehead atoms. The molecule has 6 heteroatoms. The van der Waals surface area contributed by atoms with Crippen LogP contribution < -0.4 is 10.6 Å². The lowest BCUT2D eigenvalue weighted by Crippen LogP contribution is -2.50. The summed E-state index contributed by atoms with van der Waals surface area (Å²) in [6.07, 6.45) is 3.41. The van der Waals surface area contributed by atoms with Crippen LogP contribution in [0.5, 0.6) is 0 Å². The first-order valence-corrected chi connectivity index (χ1v) is 7.82. The number of aliphatic hydroxyl groups is 1. The van der Waals surface area contributed by atoms with Gasteiger partial charge in [-0.25, -0.2) is 4.79 Å². The lowest BCUT2D eigenvalue weighted by Gasteiger charge is -2.28. The minimum atomic E-state index is -0.620. The highest BCUT2D eigenvalue weighted by molar-refractivity contribution is 5.88. The Hall–Kier alpha value is -2.34. The van der Waals surface area contributed by atoms with E-state index in [-0.39, 0.29) is 12.6 Å². The Kier molecular flexibility index (Phi) is 5.76. The third-order valence-electron chi connectivity index (χ3n) is 3.64. The number of carbonyl (C=O) groups is 1. The van der Waals surface area contributed by atoms with Gasteiger partial charge in [-0.1, -0.05) is 43.7 Å². The van der Waals surface area contributed by atoms with E-state index in [2.05, 4.69) is 15.7 Å². The highest BCUT2D eigenvalue weighted by atomic mass is 16.3. The van der Waals surface area contributed by atoms with Crippen molar-refractivity contribution in [2.75, 3.05) is 11.9 Å². The molecule has 6 nitrogen and oxygen atoms in total. The molecule has 2 aromatic rings. The van der Waals surface area contributed by atoms with Gasteiger partial charge in [0.2, 0.25) is 0 Å². The summed E-state index contributed by atoms with van der Waals surface area (Å²) in [5.74, 6) is 0.482. The average molecular weight is 316 g/mol. The zero-order valence-electron chi connectivity index (χ0n) is 13.6. The molecule has 2 amide bonds. The van der Waals surface area contributed by atoms with Crippen LogP contribution >= 0.6 is 0 Å². The zero-order chi connectivity index (χ0) is 16.7. The van der Waals surface area contributed by atoms with Gasteiger partial charge >= 0.3 is 6.03 Å². The molecule has 0 saturated heterocycles. The van der Waals surface area contributed by atoms with E-state index in [1.165, 1.54) is 0 Å². The molecule has 23 heavy (non-hydrogen) atoms. The summed E-state index contributed by atoms with van der Waals surface area (Å²) in [6, 6.07) is 11.4. The highest BCUT2D eigenvalue weighted by Crippen LogP contribution is 2.12. The summed E-state index contributed by atoms with van der Waals surface area (Å²) in [5, 5.41) is 19.3. The van der Waals surface area contributed by atoms with Crippen LogP contribution in [-0.4, -0.2) is 33.1 Å². The normalized spacial score (nSPS) is 13.3. The first kappa shape index (κ1) is 17.0. The van der Waals surface area contributed by atoms with Gasteiger partial charge in [-0.3, -0.25) is 10.00 Å². The fourth-order valence-electron chi connectivity index (χ4n) is 2.44. The predicted molar refractivity (Wildman–Crippen MR) is 90.3 cm³/mol. The number of nitrogens with one attached hydrogen (secondary N) is 2. The Morgan fingerprint density at radius 1 is 1.30 bits per heavy atom. The molecule has 0 aliphatic rings. The molecule has 0 spiro atoms. The number of benzene rings is 1. The summed E-state index contributed by atoms with van der Waals surface area (Å²) in [7, 11) is 0. The number of anilines is 1. The number of aromatic nitrogens is 2. The van der Waals surface area contributed by atoms with Gasteiger partial charge in [-0.15, -0.1) is 0 Å². The Bertz CT molecular complexity index is 627. The van der Waals surface area contributed by atoms with E-state index < -0.39 is 5.54 Å². The summed E-state index contributed by atoms with van der Waals surface area (Å²) < 4.78 is 1.77. The SMILES string of the molecule is CCCC(C)(CO)NC(=O)Nc1ccn(Cc2ccccc2)n1. The van der Waals surface area contributed by atoms with Gasteiger partial charge in [0.25, 0.3) is 0 Å². The molecule has 1 aromatic heterocycles. The summed E-state index contributed by atoms with van der Waals surface area (Å²) in [6.45, 7) is 4.38. The number of rotatable bonds is 7. The number of urea groups is 1. The van der Waals surface area contributed by atoms with E-state index in [4.69, 9.17) is 0 Å². The Morgan fingerprint density at radius 2 is 2.04 bits per heavy atom. The van der Waals surface area contributed by atoms with Crippen LogP contribution in [0.3, 0.4) is 0 Å². The second-order valence-electron chi connectivity index (χ2n) is 5.93. The van der Waals surface area contributed by atoms with Crippen molar-refractivity contribution in [1.82, 2.24) is 15.1 Å². The summed E-state index contributed by atoms with van der Waals surface area (Å²) in [4.78, 5) is 12.0. The van der Waals surface area contributed by atoms with Crippen molar-refractivity contribution < 1.29 is 9.90 Å². The number of carbonyl (C=O) groups excluding carboxylic acids is 1. The topological polar surface area (TPSA) is 79.2 Å². The fourth-order valence-corrected chi connectivity index (χ4v) is 2.44. The van der Waals surface area contributed by atoms with E-state index in [1.54, 1.807) is 10.7 Å². The van der Waals surface area contributed by atoms with Gasteiger partial charge in [0, 0.05) is 12.3 Å². The molecular weight excluding hydrogens is 292 g/mol. The molecule has 1 atom stereocenters. The van der Waals surface area contributed by atoms with Crippen LogP contribution in [0, 0.1) is 0 Å². The van der Waals surface area contributed by atoms with Crippen LogP contribution in [0.1, 0.15) is 32.3 Å². The monoisotopic (exact) mass is 316 g/mol. The van der Waals surface area contributed by atoms with Gasteiger partial charge in [0.1, 0.15) is 0 Å². The summed E-state index contributed by atoms with van der Waals surface area (Å²) >= 11 is 0. The quantitative estimate of drug-likeness (QED) is 0.734. The van der Waals surface area contributed by atoms with E-state index in [0.717, 1.165) is 12.0 Å². The molecule has 0 aliphatic carbocycles. The smallest absolute Gasteiger partial charge is 0.320 e. The molecule has 0 radical (unpaired) electrons. The van der Waals surface area contributed by atoms with Crippen LogP contribution in [0.4, 0.5) is 10.6 Å². The number of aliphatic hydroxyl groups excluding tert-OH is 1. The minimum Gasteiger partial charge on any atom is -0.394 e. The second-order valence-corrected chi connectivity index (χ2v) is 5.93. The van der Waals surface area contributed by atoms with Gasteiger partial charge in [-0.2, -0.15) is 5.10 Å². The highest BCUT2D eigenvalue weighted by Gasteiger charge is 2.24. The third kappa shape index (κ3) is 5.10. The van der Waals surface area contributed by atoms with Crippen LogP contribution in [0.2, 0.25) is 0 Å². The predicted octanol–water partition coefficient (Wildman–Crippen LogP) is 2.60. The van der Waals surface area contributed by atoms with Gasteiger partial charge in [-0.05, 0) is 18.9 Å². The first-order chi connectivity index (χ1) is 11.0. The van der Waals surface area contributed by atoms with Crippen molar-refractivity contribution in [2.24, 2.45) is 0 Å². The molecule has 1 aromatic carbocycles. The largest absolute Gasteiger partial charge is 0.394 e. The van der Waals surface area contributed by atoms with Crippen molar-refractivity contribution in [3.05, 3.63) is 48.2 Å². The lowest BCUT2D eigenvalue weighted by atomic mass is 9.98. The standard InChI is InChI=1S/C17H24N4O2/c1-3-10-17(2,13-22)19-16(23)18-15-9-11-21(20-15)12-14-7-5-4-6-8-14/h4-9,11,22H,3,10,12-13H2,1-2H3,(H2,18,19,20,23). The average Bonchev–Trinajstić information content (AvgIpc) is 2.95. The van der Waals surface area contributed by atoms with Gasteiger partial charge in [0.15, 0.2) is 5.82 Å². The van der Waals surface area contributed by atoms with E-state index >= 15 is 0 Å². The molecule has 1 heterocycles. The maximum atomic E-state index is 12.0. The van der Waals surface area contributed by atoms with Crippen LogP contribution in [0.25, 0.3) is 0 Å². The first-order valence-electron chi connectivity index (χ1n) is 7.82. The van der Waals surface area contributed by atoms with Crippen LogP contribution in [-0.2, 0) is 6.54 Å². The fraction of sp³-hybridized carbons (Fsp3) is 0.412. The molecule has 0 aliphatic heterocycles. The van der Waals surface area contributed by atoms with E-state index in [9.17, 15) is 9.90 Å². The Balaban J connectivity index is 1.92. The van der Waals surface area contributed by atoms with E-state index in [1.807, 2.05) is 50.4 Å². The minimum absolute atomic E-state index is 0.100. The molecule has 124 valence electrons. The van der Waals surface area contributed by atoms with E-state index in [0.29, 0.717) is 18.8 Å². The lowest BCUT2D eigenvalue weighted by molar-refractivity contribution is 0.167. The molecule has 3 N–H and O–H groups in total. The number of hydrogen-bond donors (Lipinski definition) is 3. The number of hydrogen-bond acceptors (Lipinski definition) is 3. The van der Waals surface area contributed by atoms with Gasteiger partial charge in [0.05, 0.1) is 18.7 Å². The maximum Gasteiger partial charge on any atom is 0.320 e. The molecular formula is C17H24N4O2. The van der Waals surface area contributed by atoms with Crippen molar-refractivity contribution in [3.8, 4) is 0 Å². The third-order valence-corrected chi connectivity index (χ3v) is 3.64. The van der Waals surface area contributed by atoms with Crippen molar-refractivity contribution in [3.63, 3.8) is 0 Å². The molecule has 0 saturated carbocycles. The molecule has 0 fully saturated rings. The molecule has 2 rings (SSSR count). The number of nitrogens with zero attached hydrogens (tertiary/aromatic N) is 2. The molecule has 1 unspecified atom stereocenters. The van der Waals surface area contributed by atoms with Crippen LogP contribution in [0.15, 0.2) is 42.6 Å². The van der Waals surface area contributed by atoms with Gasteiger partial charge < -0.3 is 10.4 Å². The maximum absolute atomic E-state index is 12.0. The Morgan fingerprint density at radius 3 is 2.70 bits per heavy atom. The number of amides is 2. The van der Waals surface area contributed by atoms with Crippen molar-refractivity contribution >= 4 is 11.8 Å². The van der Waals surface area contributed by atoms with Crippen molar-refractivity contribution in [1.29, 1.82) is 0 Å².